The molecule has 0 bridgehead atoms. The fourth-order valence-corrected chi connectivity index (χ4v) is 8.75. The van der Waals surface area contributed by atoms with Gasteiger partial charge in [-0.3, -0.25) is 30.9 Å². The zero-order valence-electron chi connectivity index (χ0n) is 22.7. The number of nitrogens with zero attached hydrogens (tertiary/aromatic N) is 1. The van der Waals surface area contributed by atoms with E-state index in [-0.39, 0.29) is 64.0 Å². The molecule has 39 heavy (non-hydrogen) atoms. The normalized spacial score (nSPS) is 44.8. The highest BCUT2D eigenvalue weighted by atomic mass is 35.5. The number of rotatable bonds is 6. The summed E-state index contributed by atoms with van der Waals surface area (Å²) in [7, 11) is 1.72. The maximum Gasteiger partial charge on any atom is 0.266 e. The van der Waals surface area contributed by atoms with Gasteiger partial charge in [0.15, 0.2) is 0 Å². The summed E-state index contributed by atoms with van der Waals surface area (Å²) in [5.41, 5.74) is -0.367. The van der Waals surface area contributed by atoms with Crippen LogP contribution in [0.3, 0.4) is 0 Å². The molecule has 5 aliphatic rings. The van der Waals surface area contributed by atoms with Gasteiger partial charge in [0.1, 0.15) is 11.7 Å². The lowest BCUT2D eigenvalue weighted by Crippen LogP contribution is -2.64. The number of hydrogen-bond donors (Lipinski definition) is 6. The minimum atomic E-state index is -2.59. The molecule has 5 rings (SSSR count). The molecule has 6 N–H and O–H groups in total. The molecule has 10 nitrogen and oxygen atoms in total. The monoisotopic (exact) mass is 593 g/mol. The molecule has 14 heteroatoms. The van der Waals surface area contributed by atoms with Crippen LogP contribution in [-0.4, -0.2) is 109 Å². The SMILES string of the molecule is COC1CNC(Cl)CC1C1CC(C)NCC1C(=O)NC1NC2CN(C(=O)C3CC(C)NC(C(F)F)N3)CC2S1. The van der Waals surface area contributed by atoms with E-state index in [1.165, 1.54) is 0 Å². The summed E-state index contributed by atoms with van der Waals surface area (Å²) in [5.74, 6) is 0.0396. The lowest BCUT2D eigenvalue weighted by molar-refractivity contribution is -0.134. The molecule has 5 saturated heterocycles. The molecule has 5 aliphatic heterocycles. The van der Waals surface area contributed by atoms with Crippen molar-refractivity contribution in [2.24, 2.45) is 17.8 Å². The first-order valence-electron chi connectivity index (χ1n) is 14.1. The number of carbonyl (C=O) groups excluding carboxylic acids is 2. The zero-order chi connectivity index (χ0) is 27.8. The van der Waals surface area contributed by atoms with Crippen molar-refractivity contribution in [1.82, 2.24) is 36.8 Å². The number of halogens is 3. The highest BCUT2D eigenvalue weighted by Crippen LogP contribution is 2.38. The van der Waals surface area contributed by atoms with Crippen molar-refractivity contribution < 1.29 is 23.1 Å². The van der Waals surface area contributed by atoms with Crippen molar-refractivity contribution >= 4 is 35.2 Å². The Kier molecular flexibility index (Phi) is 9.59. The predicted octanol–water partition coefficient (Wildman–Crippen LogP) is 0.0368. The van der Waals surface area contributed by atoms with Gasteiger partial charge in [0, 0.05) is 56.7 Å². The van der Waals surface area contributed by atoms with Crippen LogP contribution < -0.4 is 31.9 Å². The number of amides is 2. The molecule has 12 unspecified atom stereocenters. The molecule has 2 amide bonds. The van der Waals surface area contributed by atoms with Crippen LogP contribution in [-0.2, 0) is 14.3 Å². The van der Waals surface area contributed by atoms with E-state index in [0.717, 1.165) is 12.8 Å². The average Bonchev–Trinajstić information content (AvgIpc) is 3.46. The van der Waals surface area contributed by atoms with Crippen molar-refractivity contribution in [3.05, 3.63) is 0 Å². The van der Waals surface area contributed by atoms with Crippen molar-refractivity contribution in [3.8, 4) is 0 Å². The quantitative estimate of drug-likeness (QED) is 0.187. The number of likely N-dealkylation sites (tertiary alicyclic amines) is 1. The molecule has 12 atom stereocenters. The number of piperidine rings is 2. The van der Waals surface area contributed by atoms with Gasteiger partial charge >= 0.3 is 0 Å². The van der Waals surface area contributed by atoms with Crippen LogP contribution >= 0.6 is 23.4 Å². The molecule has 5 heterocycles. The highest BCUT2D eigenvalue weighted by molar-refractivity contribution is 8.00. The molecular weight excluding hydrogens is 552 g/mol. The van der Waals surface area contributed by atoms with Gasteiger partial charge in [0.25, 0.3) is 6.43 Å². The predicted molar refractivity (Wildman–Crippen MR) is 146 cm³/mol. The standard InChI is InChI=1S/C25H42ClF2N7O3S/c1-11-4-13(14-6-20(26)30-8-18(14)38-3)15(7-29-11)23(36)34-25-33-17-9-35(10-19(17)39-25)24(37)16-5-12(2)31-22(32-16)21(27)28/h11-22,25,29-33H,4-10H2,1-3H3,(H,34,36). The summed E-state index contributed by atoms with van der Waals surface area (Å²) in [6.07, 6.45) is -1.65. The van der Waals surface area contributed by atoms with Crippen LogP contribution in [0.15, 0.2) is 0 Å². The van der Waals surface area contributed by atoms with E-state index in [1.807, 2.05) is 6.92 Å². The molecule has 0 radical (unpaired) electrons. The Morgan fingerprint density at radius 2 is 1.82 bits per heavy atom. The van der Waals surface area contributed by atoms with Crippen molar-refractivity contribution in [3.63, 3.8) is 0 Å². The van der Waals surface area contributed by atoms with Crippen LogP contribution in [0.25, 0.3) is 0 Å². The lowest BCUT2D eigenvalue weighted by atomic mass is 9.70. The van der Waals surface area contributed by atoms with Gasteiger partial charge in [-0.15, -0.1) is 23.4 Å². The first kappa shape index (κ1) is 29.7. The Balaban J connectivity index is 1.15. The second kappa shape index (κ2) is 12.6. The number of nitrogens with one attached hydrogen (secondary N) is 6. The van der Waals surface area contributed by atoms with Crippen LogP contribution in [0.4, 0.5) is 8.78 Å². The van der Waals surface area contributed by atoms with Gasteiger partial charge in [-0.1, -0.05) is 0 Å². The minimum absolute atomic E-state index is 0.0147. The molecule has 0 saturated carbocycles. The third-order valence-corrected chi connectivity index (χ3v) is 10.7. The fourth-order valence-electron chi connectivity index (χ4n) is 7.05. The van der Waals surface area contributed by atoms with Crippen molar-refractivity contribution in [1.29, 1.82) is 0 Å². The summed E-state index contributed by atoms with van der Waals surface area (Å²) in [6.45, 7) is 6.28. The Morgan fingerprint density at radius 1 is 1.03 bits per heavy atom. The summed E-state index contributed by atoms with van der Waals surface area (Å²) >= 11 is 8.08. The second-order valence-electron chi connectivity index (χ2n) is 11.8. The number of methoxy groups -OCH3 is 1. The molecule has 5 fully saturated rings. The summed E-state index contributed by atoms with van der Waals surface area (Å²) < 4.78 is 32.3. The zero-order valence-corrected chi connectivity index (χ0v) is 24.2. The van der Waals surface area contributed by atoms with E-state index < -0.39 is 18.6 Å². The number of alkyl halides is 3. The number of ether oxygens (including phenoxy) is 1. The number of thioether (sulfide) groups is 1. The third-order valence-electron chi connectivity index (χ3n) is 9.03. The first-order valence-corrected chi connectivity index (χ1v) is 15.4. The van der Waals surface area contributed by atoms with Gasteiger partial charge in [0.05, 0.1) is 23.6 Å². The van der Waals surface area contributed by atoms with Crippen LogP contribution in [0.1, 0.15) is 33.1 Å². The smallest absolute Gasteiger partial charge is 0.266 e. The maximum atomic E-state index is 13.6. The lowest BCUT2D eigenvalue weighted by Gasteiger charge is -2.45. The molecule has 0 aromatic carbocycles. The van der Waals surface area contributed by atoms with Crippen LogP contribution in [0.5, 0.6) is 0 Å². The Hall–Kier alpha value is -0.800. The highest BCUT2D eigenvalue weighted by Gasteiger charge is 2.48. The summed E-state index contributed by atoms with van der Waals surface area (Å²) in [4.78, 5) is 28.5. The van der Waals surface area contributed by atoms with E-state index in [0.29, 0.717) is 38.6 Å². The summed E-state index contributed by atoms with van der Waals surface area (Å²) in [5, 5.41) is 19.2. The van der Waals surface area contributed by atoms with Crippen molar-refractivity contribution in [2.45, 2.75) is 92.2 Å². The van der Waals surface area contributed by atoms with E-state index >= 15 is 0 Å². The number of carbonyl (C=O) groups is 2. The Labute approximate surface area is 238 Å². The molecule has 0 aliphatic carbocycles. The van der Waals surface area contributed by atoms with Crippen LogP contribution in [0.2, 0.25) is 0 Å². The van der Waals surface area contributed by atoms with Crippen LogP contribution in [0, 0.1) is 17.8 Å². The summed E-state index contributed by atoms with van der Waals surface area (Å²) in [6, 6.07) is -0.450. The van der Waals surface area contributed by atoms with Crippen molar-refractivity contribution in [2.75, 3.05) is 33.3 Å². The number of hydrogen-bond acceptors (Lipinski definition) is 9. The molecule has 0 aromatic heterocycles. The second-order valence-corrected chi connectivity index (χ2v) is 13.7. The van der Waals surface area contributed by atoms with E-state index in [1.54, 1.807) is 23.8 Å². The number of fused-ring (bicyclic) bond motifs is 1. The van der Waals surface area contributed by atoms with Gasteiger partial charge in [-0.05, 0) is 44.9 Å². The topological polar surface area (TPSA) is 119 Å². The third kappa shape index (κ3) is 6.66. The molecule has 0 spiro atoms. The molecular formula is C25H42ClF2N7O3S. The Bertz CT molecular complexity index is 883. The molecule has 222 valence electrons. The first-order chi connectivity index (χ1) is 18.6. The molecule has 0 aromatic rings. The Morgan fingerprint density at radius 3 is 2.54 bits per heavy atom. The fraction of sp³-hybridized carbons (Fsp3) is 0.920. The van der Waals surface area contributed by atoms with Gasteiger partial charge < -0.3 is 20.3 Å². The van der Waals surface area contributed by atoms with E-state index in [4.69, 9.17) is 16.3 Å². The van der Waals surface area contributed by atoms with Gasteiger partial charge in [0.2, 0.25) is 11.8 Å². The van der Waals surface area contributed by atoms with Gasteiger partial charge in [-0.2, -0.15) is 0 Å². The minimum Gasteiger partial charge on any atom is -0.380 e. The van der Waals surface area contributed by atoms with E-state index in [9.17, 15) is 18.4 Å². The van der Waals surface area contributed by atoms with E-state index in [2.05, 4.69) is 38.8 Å². The van der Waals surface area contributed by atoms with Gasteiger partial charge in [-0.25, -0.2) is 8.78 Å². The maximum absolute atomic E-state index is 13.6. The average molecular weight is 594 g/mol. The largest absolute Gasteiger partial charge is 0.380 e.